The molecule has 2 unspecified atom stereocenters. The lowest BCUT2D eigenvalue weighted by atomic mass is 10.2. The maximum Gasteiger partial charge on any atom is 0.307 e. The molecule has 100 valence electrons. The highest BCUT2D eigenvalue weighted by atomic mass is 19.1. The number of nitrogens with zero attached hydrogens (tertiary/aromatic N) is 1. The number of carbonyl (C=O) groups excluding carboxylic acids is 1. The summed E-state index contributed by atoms with van der Waals surface area (Å²) < 4.78 is 13.1. The van der Waals surface area contributed by atoms with Gasteiger partial charge < -0.3 is 10.4 Å². The minimum absolute atomic E-state index is 0.0640. The van der Waals surface area contributed by atoms with E-state index in [1.165, 1.54) is 6.07 Å². The first-order chi connectivity index (χ1) is 8.90. The van der Waals surface area contributed by atoms with E-state index < -0.39 is 40.1 Å². The molecular weight excluding hydrogens is 259 g/mol. The molecular formula is C11H9FN2O5. The summed E-state index contributed by atoms with van der Waals surface area (Å²) in [5.74, 6) is -3.94. The molecule has 0 radical (unpaired) electrons. The van der Waals surface area contributed by atoms with Crippen molar-refractivity contribution in [2.24, 2.45) is 11.8 Å². The number of nitro benzene ring substituents is 1. The lowest BCUT2D eigenvalue weighted by Gasteiger charge is -2.04. The van der Waals surface area contributed by atoms with Crippen LogP contribution in [0.1, 0.15) is 6.42 Å². The molecule has 0 bridgehead atoms. The number of anilines is 1. The largest absolute Gasteiger partial charge is 0.481 e. The van der Waals surface area contributed by atoms with Crippen molar-refractivity contribution in [2.45, 2.75) is 6.42 Å². The summed E-state index contributed by atoms with van der Waals surface area (Å²) in [6, 6.07) is 2.94. The summed E-state index contributed by atoms with van der Waals surface area (Å²) in [4.78, 5) is 31.8. The molecule has 8 heteroatoms. The van der Waals surface area contributed by atoms with Crippen molar-refractivity contribution in [3.8, 4) is 0 Å². The smallest absolute Gasteiger partial charge is 0.307 e. The standard InChI is InChI=1S/C11H9FN2O5/c12-8-2-1-5(3-9(8)14(18)19)13-10(15)6-4-7(6)11(16)17/h1-3,6-7H,4H2,(H,13,15)(H,16,17). The Hall–Kier alpha value is -2.51. The van der Waals surface area contributed by atoms with Crippen LogP contribution in [0.15, 0.2) is 18.2 Å². The van der Waals surface area contributed by atoms with Gasteiger partial charge in [0.2, 0.25) is 11.7 Å². The fourth-order valence-corrected chi connectivity index (χ4v) is 1.72. The fraction of sp³-hybridized carbons (Fsp3) is 0.273. The third-order valence-corrected chi connectivity index (χ3v) is 2.85. The maximum absolute atomic E-state index is 13.1. The topological polar surface area (TPSA) is 110 Å². The van der Waals surface area contributed by atoms with Crippen molar-refractivity contribution < 1.29 is 24.0 Å². The van der Waals surface area contributed by atoms with Crippen LogP contribution in [0.25, 0.3) is 0 Å². The Morgan fingerprint density at radius 3 is 2.63 bits per heavy atom. The predicted molar refractivity (Wildman–Crippen MR) is 60.9 cm³/mol. The molecule has 1 aliphatic rings. The predicted octanol–water partition coefficient (Wildman–Crippen LogP) is 1.39. The SMILES string of the molecule is O=C(O)C1CC1C(=O)Nc1ccc(F)c([N+](=O)[O-])c1. The molecule has 1 fully saturated rings. The maximum atomic E-state index is 13.1. The minimum Gasteiger partial charge on any atom is -0.481 e. The van der Waals surface area contributed by atoms with Gasteiger partial charge in [0.15, 0.2) is 0 Å². The summed E-state index contributed by atoms with van der Waals surface area (Å²) in [5, 5.41) is 21.5. The van der Waals surface area contributed by atoms with Crippen molar-refractivity contribution in [1.82, 2.24) is 0 Å². The summed E-state index contributed by atoms with van der Waals surface area (Å²) in [6.45, 7) is 0. The van der Waals surface area contributed by atoms with Crippen LogP contribution in [0.2, 0.25) is 0 Å². The van der Waals surface area contributed by atoms with Crippen LogP contribution in [-0.4, -0.2) is 21.9 Å². The molecule has 0 spiro atoms. The Kier molecular flexibility index (Phi) is 3.16. The van der Waals surface area contributed by atoms with E-state index in [0.717, 1.165) is 12.1 Å². The zero-order valence-electron chi connectivity index (χ0n) is 9.50. The van der Waals surface area contributed by atoms with Gasteiger partial charge in [-0.05, 0) is 18.6 Å². The molecule has 0 saturated heterocycles. The Labute approximate surface area is 106 Å². The van der Waals surface area contributed by atoms with Crippen molar-refractivity contribution in [1.29, 1.82) is 0 Å². The van der Waals surface area contributed by atoms with E-state index in [1.807, 2.05) is 0 Å². The summed E-state index contributed by atoms with van der Waals surface area (Å²) in [5.41, 5.74) is -0.683. The third kappa shape index (κ3) is 2.67. The molecule has 2 N–H and O–H groups in total. The van der Waals surface area contributed by atoms with Gasteiger partial charge in [-0.2, -0.15) is 4.39 Å². The third-order valence-electron chi connectivity index (χ3n) is 2.85. The molecule has 7 nitrogen and oxygen atoms in total. The molecule has 1 saturated carbocycles. The number of carbonyl (C=O) groups is 2. The zero-order valence-corrected chi connectivity index (χ0v) is 9.50. The van der Waals surface area contributed by atoms with Crippen LogP contribution in [0.3, 0.4) is 0 Å². The van der Waals surface area contributed by atoms with E-state index in [9.17, 15) is 24.1 Å². The molecule has 1 amide bonds. The lowest BCUT2D eigenvalue weighted by Crippen LogP contribution is -2.16. The second kappa shape index (κ2) is 4.63. The highest BCUT2D eigenvalue weighted by Gasteiger charge is 2.48. The van der Waals surface area contributed by atoms with Crippen LogP contribution in [0, 0.1) is 27.8 Å². The Bertz CT molecular complexity index is 574. The number of carboxylic acid groups (broad SMARTS) is 1. The fourth-order valence-electron chi connectivity index (χ4n) is 1.72. The first kappa shape index (κ1) is 12.9. The number of halogens is 1. The molecule has 19 heavy (non-hydrogen) atoms. The molecule has 1 aromatic carbocycles. The Morgan fingerprint density at radius 2 is 2.11 bits per heavy atom. The number of aliphatic carboxylic acids is 1. The van der Waals surface area contributed by atoms with E-state index >= 15 is 0 Å². The second-order valence-electron chi connectivity index (χ2n) is 4.20. The quantitative estimate of drug-likeness (QED) is 0.633. The second-order valence-corrected chi connectivity index (χ2v) is 4.20. The van der Waals surface area contributed by atoms with Crippen molar-refractivity contribution >= 4 is 23.3 Å². The molecule has 0 heterocycles. The van der Waals surface area contributed by atoms with Gasteiger partial charge in [-0.3, -0.25) is 19.7 Å². The van der Waals surface area contributed by atoms with Crippen molar-refractivity contribution in [2.75, 3.05) is 5.32 Å². The highest BCUT2D eigenvalue weighted by Crippen LogP contribution is 2.39. The van der Waals surface area contributed by atoms with Gasteiger partial charge in [0.1, 0.15) is 0 Å². The first-order valence-corrected chi connectivity index (χ1v) is 5.37. The number of amides is 1. The zero-order chi connectivity index (χ0) is 14.2. The molecule has 0 aliphatic heterocycles. The van der Waals surface area contributed by atoms with Gasteiger partial charge >= 0.3 is 11.7 Å². The average molecular weight is 268 g/mol. The van der Waals surface area contributed by atoms with E-state index in [1.54, 1.807) is 0 Å². The molecule has 1 aromatic rings. The highest BCUT2D eigenvalue weighted by molar-refractivity contribution is 5.98. The van der Waals surface area contributed by atoms with Crippen molar-refractivity contribution in [3.63, 3.8) is 0 Å². The van der Waals surface area contributed by atoms with Crippen LogP contribution >= 0.6 is 0 Å². The van der Waals surface area contributed by atoms with Crippen LogP contribution in [-0.2, 0) is 9.59 Å². The van der Waals surface area contributed by atoms with Gasteiger partial charge in [-0.15, -0.1) is 0 Å². The molecule has 0 aromatic heterocycles. The van der Waals surface area contributed by atoms with E-state index in [4.69, 9.17) is 5.11 Å². The average Bonchev–Trinajstić information content (AvgIpc) is 3.11. The molecule has 2 rings (SSSR count). The van der Waals surface area contributed by atoms with Crippen LogP contribution in [0.4, 0.5) is 15.8 Å². The minimum atomic E-state index is -1.05. The number of nitrogens with one attached hydrogen (secondary N) is 1. The number of hydrogen-bond acceptors (Lipinski definition) is 4. The summed E-state index contributed by atoms with van der Waals surface area (Å²) in [6.07, 6.45) is 0.241. The summed E-state index contributed by atoms with van der Waals surface area (Å²) in [7, 11) is 0. The number of hydrogen-bond donors (Lipinski definition) is 2. The van der Waals surface area contributed by atoms with Crippen LogP contribution < -0.4 is 5.32 Å². The van der Waals surface area contributed by atoms with Gasteiger partial charge in [-0.25, -0.2) is 0 Å². The number of nitro groups is 1. The van der Waals surface area contributed by atoms with Gasteiger partial charge in [0.25, 0.3) is 0 Å². The lowest BCUT2D eigenvalue weighted by molar-refractivity contribution is -0.387. The van der Waals surface area contributed by atoms with Gasteiger partial charge in [0, 0.05) is 11.8 Å². The first-order valence-electron chi connectivity index (χ1n) is 5.37. The van der Waals surface area contributed by atoms with Crippen LogP contribution in [0.5, 0.6) is 0 Å². The van der Waals surface area contributed by atoms with E-state index in [2.05, 4.69) is 5.32 Å². The normalized spacial score (nSPS) is 20.7. The number of benzene rings is 1. The monoisotopic (exact) mass is 268 g/mol. The number of carboxylic acids is 1. The molecule has 2 atom stereocenters. The Balaban J connectivity index is 2.08. The van der Waals surface area contributed by atoms with Gasteiger partial charge in [-0.1, -0.05) is 0 Å². The summed E-state index contributed by atoms with van der Waals surface area (Å²) >= 11 is 0. The van der Waals surface area contributed by atoms with E-state index in [-0.39, 0.29) is 12.1 Å². The Morgan fingerprint density at radius 1 is 1.42 bits per heavy atom. The van der Waals surface area contributed by atoms with Gasteiger partial charge in [0.05, 0.1) is 16.8 Å². The molecule has 1 aliphatic carbocycles. The number of rotatable bonds is 4. The van der Waals surface area contributed by atoms with Crippen molar-refractivity contribution in [3.05, 3.63) is 34.1 Å². The van der Waals surface area contributed by atoms with E-state index in [0.29, 0.717) is 0 Å².